The second-order valence-electron chi connectivity index (χ2n) is 19.6. The highest BCUT2D eigenvalue weighted by Gasteiger charge is 2.47. The molecule has 4 bridgehead atoms. The Morgan fingerprint density at radius 1 is 0.181 bits per heavy atom. The molecule has 0 amide bonds. The summed E-state index contributed by atoms with van der Waals surface area (Å²) in [5.74, 6) is 0. The maximum Gasteiger partial charge on any atom is 0.812 e. The summed E-state index contributed by atoms with van der Waals surface area (Å²) in [6.07, 6.45) is 0. The normalized spacial score (nSPS) is 27.5. The van der Waals surface area contributed by atoms with Gasteiger partial charge in [-0.1, -0.05) is 243 Å². The minimum Gasteiger partial charge on any atom is -0.509 e. The molecule has 0 atom stereocenters. The first-order valence-electron chi connectivity index (χ1n) is 28.0. The van der Waals surface area contributed by atoms with E-state index in [-0.39, 0.29) is 90.2 Å². The van der Waals surface area contributed by atoms with Crippen LogP contribution in [0.1, 0.15) is 44.5 Å². The molecule has 0 aliphatic carbocycles. The van der Waals surface area contributed by atoms with Crippen molar-refractivity contribution in [3.63, 3.8) is 0 Å². The van der Waals surface area contributed by atoms with E-state index in [4.69, 9.17) is 57.1 Å². The first-order valence-corrected chi connectivity index (χ1v) is 30.1. The lowest BCUT2D eigenvalue weighted by Crippen LogP contribution is -2.43. The van der Waals surface area contributed by atoms with Crippen LogP contribution in [0, 0.1) is 0 Å². The van der Waals surface area contributed by atoms with Gasteiger partial charge in [-0.3, -0.25) is 0 Å². The van der Waals surface area contributed by atoms with Gasteiger partial charge >= 0.3 is 28.1 Å². The van der Waals surface area contributed by atoms with Gasteiger partial charge < -0.3 is 74.3 Å². The van der Waals surface area contributed by atoms with Gasteiger partial charge in [0.1, 0.15) is 45.7 Å². The molecule has 8 aromatic rings. The molecule has 24 nitrogen and oxygen atoms in total. The van der Waals surface area contributed by atoms with Crippen molar-refractivity contribution in [3.05, 3.63) is 287 Å². The van der Waals surface area contributed by atoms with Crippen molar-refractivity contribution in [1.82, 2.24) is 0 Å². The third-order valence-corrected chi connectivity index (χ3v) is 14.5. The molecule has 0 unspecified atom stereocenters. The lowest BCUT2D eigenvalue weighted by atomic mass is 10.00. The highest BCUT2D eigenvalue weighted by Crippen LogP contribution is 2.28. The monoisotopic (exact) mass is 1490 g/mol. The van der Waals surface area contributed by atoms with E-state index in [1.807, 2.05) is 0 Å². The van der Waals surface area contributed by atoms with E-state index >= 15 is 17.3 Å². The molecule has 0 aromatic heterocycles. The van der Waals surface area contributed by atoms with Gasteiger partial charge in [-0.25, -0.2) is 0 Å². The first-order chi connectivity index (χ1) is 45.8. The highest BCUT2D eigenvalue weighted by molar-refractivity contribution is 14.1. The first kappa shape index (κ1) is 63.0. The fraction of sp³-hybridized carbons (Fsp3) is 0. The predicted octanol–water partition coefficient (Wildman–Crippen LogP) is 12.3. The van der Waals surface area contributed by atoms with Crippen molar-refractivity contribution in [3.8, 4) is 0 Å². The van der Waals surface area contributed by atoms with Crippen LogP contribution in [0.5, 0.6) is 0 Å². The summed E-state index contributed by atoms with van der Waals surface area (Å²) < 4.78 is 140. The Bertz CT molecular complexity index is 3930. The van der Waals surface area contributed by atoms with Crippen molar-refractivity contribution >= 4 is 138 Å². The van der Waals surface area contributed by atoms with Gasteiger partial charge in [0.2, 0.25) is 0 Å². The minimum absolute atomic E-state index is 0.167. The average Bonchev–Trinajstić information content (AvgIpc) is 0.921. The molecule has 0 spiro atoms. The largest absolute Gasteiger partial charge is 0.812 e. The number of benzene rings is 8. The molecule has 0 radical (unpaired) electrons. The SMILES string of the molecule is F[B-]12ON=C(I)C(/C3=N\O[B-]4(F)O/N=C(c5ccccc5)/C(c5ccccc5)=N/O[B-](F)(ON=C3I)O/N=C(c3ccccc3)/C(c3ccccc3)=N/O4)=N/O[B-](F)(O/N=C(c3ccccc3)/C(c3ccccc3)=N/O1)O/N=C(c1ccccc1)/C(c1ccccc1)=N/O2. The van der Waals surface area contributed by atoms with Gasteiger partial charge in [-0.05, 0) is 45.2 Å². The van der Waals surface area contributed by atoms with Crippen molar-refractivity contribution in [1.29, 1.82) is 0 Å². The molecule has 0 N–H and O–H groups in total. The zero-order chi connectivity index (χ0) is 64.8. The molecule has 34 heteroatoms. The standard InChI is InChI=1S/C60H40B4F4I2N12O12/c65-61-83-71-49(41-25-9-1-10-26-41)53(45-33-17-5-18-34-45)75-87-63(67,88-76-54(46-35-19-6-20-36-46)50(72-84-61)42-27-11-2-12-28-42)93-81-59(69)57(79-91-61)58-60(70)82-94-64(68)89-77-55(47-37-21-7-22-38-47)51(43-29-13-3-14-30-43)73-85-62(66,92-80-58)86-74-52(44-31-15-4-16-32-44)56(78-90-64)48-39-23-8-24-40-48/h1-40H/q-4/b71-49+,72-50+,73-51+,74-52+,75-53+,76-54+,77-55+,78-56+,79-57+,80-58+,81-59?,82-60?. The van der Waals surface area contributed by atoms with Crippen LogP contribution in [0.4, 0.5) is 17.3 Å². The Morgan fingerprint density at radius 3 is 0.436 bits per heavy atom. The van der Waals surface area contributed by atoms with Gasteiger partial charge in [0.25, 0.3) is 0 Å². The van der Waals surface area contributed by atoms with Crippen LogP contribution in [0.3, 0.4) is 0 Å². The number of fused-ring (bicyclic) bond motifs is 19. The topological polar surface area (TPSA) is 259 Å². The Hall–Kier alpha value is -11.2. The molecule has 0 saturated heterocycles. The number of oxime groups is 12. The van der Waals surface area contributed by atoms with E-state index in [1.54, 1.807) is 194 Å². The van der Waals surface area contributed by atoms with Crippen LogP contribution >= 0.6 is 45.2 Å². The number of hydrogen-bond donors (Lipinski definition) is 0. The molecule has 14 rings (SSSR count). The molecule has 8 aromatic carbocycles. The summed E-state index contributed by atoms with van der Waals surface area (Å²) in [4.78, 5) is 0. The van der Waals surface area contributed by atoms with Crippen LogP contribution in [0.2, 0.25) is 0 Å². The Labute approximate surface area is 557 Å². The fourth-order valence-corrected chi connectivity index (χ4v) is 9.61. The molecule has 6 aliphatic heterocycles. The van der Waals surface area contributed by atoms with Crippen LogP contribution in [0.15, 0.2) is 305 Å². The minimum atomic E-state index is -5.15. The number of nitrogens with zero attached hydrogens (tertiary/aromatic N) is 12. The maximum absolute atomic E-state index is 18.6. The van der Waals surface area contributed by atoms with E-state index in [1.165, 1.54) is 93.7 Å². The van der Waals surface area contributed by atoms with E-state index in [9.17, 15) is 0 Å². The van der Waals surface area contributed by atoms with Crippen molar-refractivity contribution in [2.24, 2.45) is 61.9 Å². The summed E-state index contributed by atoms with van der Waals surface area (Å²) in [5.41, 5.74) is -3.29. The van der Waals surface area contributed by atoms with Gasteiger partial charge in [-0.15, -0.1) is 61.9 Å². The fourth-order valence-electron chi connectivity index (χ4n) is 8.68. The zero-order valence-corrected chi connectivity index (χ0v) is 52.3. The number of rotatable bonds is 9. The van der Waals surface area contributed by atoms with Crippen molar-refractivity contribution < 1.29 is 74.3 Å². The lowest BCUT2D eigenvalue weighted by molar-refractivity contribution is 0.0214. The lowest BCUT2D eigenvalue weighted by Gasteiger charge is -2.31. The number of halogens is 6. The quantitative estimate of drug-likeness (QED) is 0.0742. The smallest absolute Gasteiger partial charge is 0.509 e. The van der Waals surface area contributed by atoms with Crippen molar-refractivity contribution in [2.75, 3.05) is 0 Å². The second kappa shape index (κ2) is 28.6. The average molecular weight is 1490 g/mol. The third-order valence-electron chi connectivity index (χ3n) is 13.1. The molecule has 0 saturated carbocycles. The van der Waals surface area contributed by atoms with Crippen LogP contribution < -0.4 is 0 Å². The Kier molecular flexibility index (Phi) is 19.1. The summed E-state index contributed by atoms with van der Waals surface area (Å²) in [6.45, 7) is 0. The summed E-state index contributed by atoms with van der Waals surface area (Å²) in [5, 5.41) is 49.1. The van der Waals surface area contributed by atoms with Gasteiger partial charge in [0, 0.05) is 44.5 Å². The maximum atomic E-state index is 18.6. The zero-order valence-electron chi connectivity index (χ0n) is 47.9. The second-order valence-corrected chi connectivity index (χ2v) is 21.6. The summed E-state index contributed by atoms with van der Waals surface area (Å²) in [6, 6.07) is 63.6. The summed E-state index contributed by atoms with van der Waals surface area (Å²) in [7, 11) is -20.3. The van der Waals surface area contributed by atoms with Gasteiger partial charge in [0.15, 0.2) is 18.9 Å². The molecule has 6 aliphatic rings. The summed E-state index contributed by atoms with van der Waals surface area (Å²) >= 11 is 2.75. The molecule has 6 heterocycles. The van der Waals surface area contributed by atoms with E-state index in [2.05, 4.69) is 61.9 Å². The van der Waals surface area contributed by atoms with Crippen LogP contribution in [0.25, 0.3) is 0 Å². The third kappa shape index (κ3) is 15.1. The van der Waals surface area contributed by atoms with E-state index < -0.39 is 47.0 Å². The molecule has 0 fully saturated rings. The van der Waals surface area contributed by atoms with Crippen LogP contribution in [-0.4, -0.2) is 92.7 Å². The number of hydrogen-bond acceptors (Lipinski definition) is 24. The highest BCUT2D eigenvalue weighted by atomic mass is 127. The van der Waals surface area contributed by atoms with Crippen LogP contribution in [-0.2, 0) is 57.1 Å². The van der Waals surface area contributed by atoms with E-state index in [0.717, 1.165) is 0 Å². The van der Waals surface area contributed by atoms with E-state index in [0.29, 0.717) is 0 Å². The Balaban J connectivity index is 1.08. The molecule has 94 heavy (non-hydrogen) atoms. The molecular formula is C60H40B4F4I2N12O12-4. The van der Waals surface area contributed by atoms with Gasteiger partial charge in [0.05, 0.1) is 0 Å². The predicted molar refractivity (Wildman–Crippen MR) is 362 cm³/mol. The molecular weight excluding hydrogens is 1450 g/mol. The van der Waals surface area contributed by atoms with Crippen molar-refractivity contribution in [2.45, 2.75) is 0 Å². The Morgan fingerprint density at radius 2 is 0.298 bits per heavy atom. The molecule has 470 valence electrons. The van der Waals surface area contributed by atoms with Gasteiger partial charge in [-0.2, -0.15) is 0 Å².